The van der Waals surface area contributed by atoms with Gasteiger partial charge in [-0.3, -0.25) is 0 Å². The lowest BCUT2D eigenvalue weighted by atomic mass is 10.1. The molecule has 2 N–H and O–H groups in total. The van der Waals surface area contributed by atoms with Crippen molar-refractivity contribution in [3.63, 3.8) is 0 Å². The van der Waals surface area contributed by atoms with E-state index in [1.54, 1.807) is 6.20 Å². The van der Waals surface area contributed by atoms with E-state index >= 15 is 0 Å². The fraction of sp³-hybridized carbons (Fsp3) is 0.692. The van der Waals surface area contributed by atoms with Gasteiger partial charge in [0.05, 0.1) is 0 Å². The van der Waals surface area contributed by atoms with Gasteiger partial charge < -0.3 is 15.4 Å². The highest BCUT2D eigenvalue weighted by Gasteiger charge is 2.13. The van der Waals surface area contributed by atoms with Crippen LogP contribution in [-0.2, 0) is 4.74 Å². The van der Waals surface area contributed by atoms with Gasteiger partial charge in [0.15, 0.2) is 0 Å². The van der Waals surface area contributed by atoms with Crippen LogP contribution in [0.25, 0.3) is 0 Å². The van der Waals surface area contributed by atoms with E-state index in [1.165, 1.54) is 6.42 Å². The van der Waals surface area contributed by atoms with Crippen LogP contribution in [0.1, 0.15) is 32.6 Å². The molecule has 0 aliphatic carbocycles. The minimum absolute atomic E-state index is 0.470. The summed E-state index contributed by atoms with van der Waals surface area (Å²) in [7, 11) is 0. The zero-order valence-corrected chi connectivity index (χ0v) is 11.0. The van der Waals surface area contributed by atoms with Crippen molar-refractivity contribution in [2.24, 2.45) is 0 Å². The molecule has 1 aromatic heterocycles. The van der Waals surface area contributed by atoms with Gasteiger partial charge in [-0.2, -0.15) is 4.98 Å². The van der Waals surface area contributed by atoms with E-state index < -0.39 is 0 Å². The van der Waals surface area contributed by atoms with Crippen molar-refractivity contribution in [3.05, 3.63) is 12.3 Å². The maximum absolute atomic E-state index is 5.34. The van der Waals surface area contributed by atoms with Crippen molar-refractivity contribution in [1.29, 1.82) is 0 Å². The number of nitrogens with one attached hydrogen (secondary N) is 2. The van der Waals surface area contributed by atoms with Crippen LogP contribution in [-0.4, -0.2) is 35.8 Å². The van der Waals surface area contributed by atoms with Crippen LogP contribution in [0.4, 0.5) is 11.8 Å². The van der Waals surface area contributed by atoms with Gasteiger partial charge in [-0.1, -0.05) is 13.3 Å². The average Bonchev–Trinajstić information content (AvgIpc) is 2.41. The number of unbranched alkanes of at least 4 members (excludes halogenated alkanes) is 1. The fourth-order valence-electron chi connectivity index (χ4n) is 1.95. The topological polar surface area (TPSA) is 59.1 Å². The van der Waals surface area contributed by atoms with Gasteiger partial charge in [0.2, 0.25) is 5.95 Å². The van der Waals surface area contributed by atoms with Crippen LogP contribution in [0.5, 0.6) is 0 Å². The van der Waals surface area contributed by atoms with Crippen molar-refractivity contribution in [2.75, 3.05) is 30.4 Å². The van der Waals surface area contributed by atoms with E-state index in [9.17, 15) is 0 Å². The molecular weight excluding hydrogens is 228 g/mol. The fourth-order valence-corrected chi connectivity index (χ4v) is 1.95. The molecule has 1 saturated heterocycles. The van der Waals surface area contributed by atoms with Crippen LogP contribution >= 0.6 is 0 Å². The third-order valence-electron chi connectivity index (χ3n) is 3.04. The molecule has 0 bridgehead atoms. The molecule has 1 fully saturated rings. The van der Waals surface area contributed by atoms with Crippen molar-refractivity contribution < 1.29 is 4.74 Å². The molecule has 2 heterocycles. The molecule has 18 heavy (non-hydrogen) atoms. The Bertz CT molecular complexity index is 353. The molecule has 0 unspecified atom stereocenters. The highest BCUT2D eigenvalue weighted by molar-refractivity contribution is 5.40. The third kappa shape index (κ3) is 4.14. The van der Waals surface area contributed by atoms with E-state index in [-0.39, 0.29) is 0 Å². The summed E-state index contributed by atoms with van der Waals surface area (Å²) in [5.41, 5.74) is 0. The third-order valence-corrected chi connectivity index (χ3v) is 3.04. The summed E-state index contributed by atoms with van der Waals surface area (Å²) in [6.45, 7) is 4.78. The molecule has 0 atom stereocenters. The number of hydrogen-bond acceptors (Lipinski definition) is 5. The van der Waals surface area contributed by atoms with E-state index in [1.807, 2.05) is 6.07 Å². The van der Waals surface area contributed by atoms with Gasteiger partial charge >= 0.3 is 0 Å². The molecule has 5 heteroatoms. The molecule has 0 aromatic carbocycles. The molecule has 0 amide bonds. The molecule has 100 valence electrons. The Morgan fingerprint density at radius 1 is 1.39 bits per heavy atom. The van der Waals surface area contributed by atoms with E-state index in [0.29, 0.717) is 12.0 Å². The first-order chi connectivity index (χ1) is 8.88. The summed E-state index contributed by atoms with van der Waals surface area (Å²) in [4.78, 5) is 8.68. The largest absolute Gasteiger partial charge is 0.381 e. The van der Waals surface area contributed by atoms with Gasteiger partial charge in [-0.05, 0) is 25.3 Å². The number of aromatic nitrogens is 2. The smallest absolute Gasteiger partial charge is 0.224 e. The molecule has 1 aliphatic rings. The van der Waals surface area contributed by atoms with Gasteiger partial charge in [0.25, 0.3) is 0 Å². The predicted octanol–water partition coefficient (Wildman–Crippen LogP) is 2.28. The second kappa shape index (κ2) is 7.16. The first-order valence-electron chi connectivity index (χ1n) is 6.79. The second-order valence-electron chi connectivity index (χ2n) is 4.58. The predicted molar refractivity (Wildman–Crippen MR) is 72.9 cm³/mol. The van der Waals surface area contributed by atoms with Crippen LogP contribution in [0, 0.1) is 0 Å². The average molecular weight is 250 g/mol. The van der Waals surface area contributed by atoms with Crippen LogP contribution < -0.4 is 10.6 Å². The number of ether oxygens (including phenoxy) is 1. The van der Waals surface area contributed by atoms with Crippen molar-refractivity contribution in [3.8, 4) is 0 Å². The Hall–Kier alpha value is -1.36. The number of hydrogen-bond donors (Lipinski definition) is 2. The first-order valence-corrected chi connectivity index (χ1v) is 6.79. The molecule has 5 nitrogen and oxygen atoms in total. The quantitative estimate of drug-likeness (QED) is 0.759. The Morgan fingerprint density at radius 3 is 3.00 bits per heavy atom. The summed E-state index contributed by atoms with van der Waals surface area (Å²) in [6.07, 6.45) is 6.20. The molecule has 2 rings (SSSR count). The van der Waals surface area contributed by atoms with Gasteiger partial charge in [0, 0.05) is 32.0 Å². The van der Waals surface area contributed by atoms with Gasteiger partial charge in [0.1, 0.15) is 5.82 Å². The lowest BCUT2D eigenvalue weighted by molar-refractivity contribution is 0.0904. The standard InChI is InChI=1S/C13H22N4O/c1-2-3-7-14-13-15-8-4-12(17-13)16-11-5-9-18-10-6-11/h4,8,11H,2-3,5-7,9-10H2,1H3,(H2,14,15,16,17). The van der Waals surface area contributed by atoms with E-state index in [2.05, 4.69) is 27.5 Å². The molecule has 1 aromatic rings. The summed E-state index contributed by atoms with van der Waals surface area (Å²) < 4.78 is 5.34. The number of rotatable bonds is 6. The van der Waals surface area contributed by atoms with E-state index in [4.69, 9.17) is 4.74 Å². The molecule has 0 saturated carbocycles. The summed E-state index contributed by atoms with van der Waals surface area (Å²) in [6, 6.07) is 2.39. The summed E-state index contributed by atoms with van der Waals surface area (Å²) >= 11 is 0. The number of anilines is 2. The maximum Gasteiger partial charge on any atom is 0.224 e. The first kappa shape index (κ1) is 13.1. The van der Waals surface area contributed by atoms with Crippen molar-refractivity contribution in [1.82, 2.24) is 9.97 Å². The van der Waals surface area contributed by atoms with Gasteiger partial charge in [-0.15, -0.1) is 0 Å². The number of nitrogens with zero attached hydrogens (tertiary/aromatic N) is 2. The summed E-state index contributed by atoms with van der Waals surface area (Å²) in [5, 5.41) is 6.68. The van der Waals surface area contributed by atoms with Crippen LogP contribution in [0.2, 0.25) is 0 Å². The minimum Gasteiger partial charge on any atom is -0.381 e. The SMILES string of the molecule is CCCCNc1nccc(NC2CCOCC2)n1. The Morgan fingerprint density at radius 2 is 2.22 bits per heavy atom. The molecule has 1 aliphatic heterocycles. The molecular formula is C13H22N4O. The zero-order chi connectivity index (χ0) is 12.6. The van der Waals surface area contributed by atoms with E-state index in [0.717, 1.165) is 44.8 Å². The van der Waals surface area contributed by atoms with Crippen molar-refractivity contribution in [2.45, 2.75) is 38.6 Å². The normalized spacial score (nSPS) is 16.5. The van der Waals surface area contributed by atoms with Crippen LogP contribution in [0.3, 0.4) is 0 Å². The lowest BCUT2D eigenvalue weighted by Gasteiger charge is -2.23. The van der Waals surface area contributed by atoms with Gasteiger partial charge in [-0.25, -0.2) is 4.98 Å². The zero-order valence-electron chi connectivity index (χ0n) is 11.0. The summed E-state index contributed by atoms with van der Waals surface area (Å²) in [5.74, 6) is 1.61. The van der Waals surface area contributed by atoms with Crippen molar-refractivity contribution >= 4 is 11.8 Å². The Balaban J connectivity index is 1.85. The second-order valence-corrected chi connectivity index (χ2v) is 4.58. The Labute approximate surface area is 108 Å². The monoisotopic (exact) mass is 250 g/mol. The van der Waals surface area contributed by atoms with Crippen LogP contribution in [0.15, 0.2) is 12.3 Å². The highest BCUT2D eigenvalue weighted by atomic mass is 16.5. The Kier molecular flexibility index (Phi) is 5.20. The maximum atomic E-state index is 5.34. The highest BCUT2D eigenvalue weighted by Crippen LogP contribution is 2.13. The molecule has 0 spiro atoms. The lowest BCUT2D eigenvalue weighted by Crippen LogP contribution is -2.28. The minimum atomic E-state index is 0.470. The molecule has 0 radical (unpaired) electrons.